The number of ether oxygens (including phenoxy) is 2. The number of nitrogens with zero attached hydrogens (tertiary/aromatic N) is 1. The highest BCUT2D eigenvalue weighted by Gasteiger charge is 2.59. The summed E-state index contributed by atoms with van der Waals surface area (Å²) in [6.07, 6.45) is 1.23. The molecule has 0 aromatic heterocycles. The van der Waals surface area contributed by atoms with Gasteiger partial charge in [0.25, 0.3) is 0 Å². The Labute approximate surface area is 178 Å². The van der Waals surface area contributed by atoms with Crippen molar-refractivity contribution in [1.29, 1.82) is 0 Å². The zero-order chi connectivity index (χ0) is 18.7. The number of hydrogen-bond acceptors (Lipinski definition) is 3. The predicted molar refractivity (Wildman–Crippen MR) is 116 cm³/mol. The summed E-state index contributed by atoms with van der Waals surface area (Å²) in [5.41, 5.74) is 1.01. The molecule has 0 radical (unpaired) electrons. The van der Waals surface area contributed by atoms with Gasteiger partial charge in [-0.2, -0.15) is 0 Å². The number of aliphatic imine (C=N–C) groups is 1. The second kappa shape index (κ2) is 9.52. The highest BCUT2D eigenvalue weighted by Crippen LogP contribution is 2.52. The maximum absolute atomic E-state index is 13.1. The zero-order valence-corrected chi connectivity index (χ0v) is 18.8. The van der Waals surface area contributed by atoms with E-state index in [0.29, 0.717) is 24.6 Å². The van der Waals surface area contributed by atoms with E-state index in [2.05, 4.69) is 31.4 Å². The van der Waals surface area contributed by atoms with E-state index in [4.69, 9.17) is 14.5 Å². The van der Waals surface area contributed by atoms with Crippen molar-refractivity contribution in [3.05, 3.63) is 35.6 Å². The first kappa shape index (κ1) is 22.4. The van der Waals surface area contributed by atoms with E-state index in [-0.39, 0.29) is 41.3 Å². The number of nitrogens with one attached hydrogen (secondary N) is 2. The average molecular weight is 491 g/mol. The molecule has 4 atom stereocenters. The van der Waals surface area contributed by atoms with Crippen molar-refractivity contribution in [2.24, 2.45) is 16.3 Å². The molecule has 0 bridgehead atoms. The van der Waals surface area contributed by atoms with Crippen molar-refractivity contribution < 1.29 is 13.9 Å². The number of hydrogen-bond donors (Lipinski definition) is 2. The number of methoxy groups -OCH3 is 1. The van der Waals surface area contributed by atoms with Crippen LogP contribution in [0.2, 0.25) is 0 Å². The van der Waals surface area contributed by atoms with Crippen LogP contribution in [0.3, 0.4) is 0 Å². The van der Waals surface area contributed by atoms with E-state index >= 15 is 0 Å². The van der Waals surface area contributed by atoms with Crippen LogP contribution in [-0.2, 0) is 9.47 Å². The Hall–Kier alpha value is -0.930. The molecule has 1 aliphatic carbocycles. The van der Waals surface area contributed by atoms with E-state index in [1.54, 1.807) is 19.2 Å². The summed E-state index contributed by atoms with van der Waals surface area (Å²) in [7, 11) is 1.65. The van der Waals surface area contributed by atoms with Crippen molar-refractivity contribution >= 4 is 29.9 Å². The van der Waals surface area contributed by atoms with E-state index < -0.39 is 0 Å². The highest BCUT2D eigenvalue weighted by molar-refractivity contribution is 14.0. The first-order valence-corrected chi connectivity index (χ1v) is 9.42. The van der Waals surface area contributed by atoms with Crippen LogP contribution in [0.4, 0.5) is 4.39 Å². The Balaban J connectivity index is 0.00000261. The third-order valence-corrected chi connectivity index (χ3v) is 5.68. The fourth-order valence-electron chi connectivity index (χ4n) is 4.25. The number of rotatable bonds is 6. The van der Waals surface area contributed by atoms with Crippen LogP contribution in [0, 0.1) is 17.2 Å². The minimum absolute atomic E-state index is 0. The fraction of sp³-hybridized carbons (Fsp3) is 0.650. The highest BCUT2D eigenvalue weighted by atomic mass is 127. The van der Waals surface area contributed by atoms with Gasteiger partial charge in [-0.1, -0.05) is 26.0 Å². The lowest BCUT2D eigenvalue weighted by Gasteiger charge is -2.54. The van der Waals surface area contributed by atoms with Crippen LogP contribution in [0.15, 0.2) is 29.3 Å². The van der Waals surface area contributed by atoms with Crippen LogP contribution < -0.4 is 10.6 Å². The van der Waals surface area contributed by atoms with Gasteiger partial charge in [-0.25, -0.2) is 4.39 Å². The molecule has 1 aromatic rings. The minimum Gasteiger partial charge on any atom is -0.377 e. The molecule has 2 N–H and O–H groups in total. The molecule has 4 unspecified atom stereocenters. The van der Waals surface area contributed by atoms with Crippen LogP contribution in [0.5, 0.6) is 0 Å². The summed E-state index contributed by atoms with van der Waals surface area (Å²) in [6, 6.07) is 6.74. The molecule has 7 heteroatoms. The van der Waals surface area contributed by atoms with Gasteiger partial charge in [0, 0.05) is 37.6 Å². The van der Waals surface area contributed by atoms with E-state index in [9.17, 15) is 4.39 Å². The van der Waals surface area contributed by atoms with Gasteiger partial charge in [0.2, 0.25) is 0 Å². The lowest BCUT2D eigenvalue weighted by Crippen LogP contribution is -2.68. The number of benzene rings is 1. The molecule has 1 aromatic carbocycles. The van der Waals surface area contributed by atoms with Crippen molar-refractivity contribution in [2.75, 3.05) is 26.8 Å². The molecule has 3 rings (SSSR count). The molecule has 2 fully saturated rings. The smallest absolute Gasteiger partial charge is 0.191 e. The van der Waals surface area contributed by atoms with Gasteiger partial charge in [-0.15, -0.1) is 24.0 Å². The third-order valence-electron chi connectivity index (χ3n) is 5.68. The topological polar surface area (TPSA) is 54.9 Å². The standard InChI is InChI=1S/C20H30FN3O2.HI/c1-5-22-19(24-17-15-10-11-26-18(15)20(17,2)3)23-12-16(25-4)13-6-8-14(21)9-7-13;/h6-9,15-18H,5,10-12H2,1-4H3,(H2,22,23,24);1H. The minimum atomic E-state index is -0.248. The van der Waals surface area contributed by atoms with Crippen LogP contribution in [0.25, 0.3) is 0 Å². The molecule has 0 amide bonds. The fourth-order valence-corrected chi connectivity index (χ4v) is 4.25. The summed E-state index contributed by atoms with van der Waals surface area (Å²) in [6.45, 7) is 8.65. The van der Waals surface area contributed by atoms with Crippen molar-refractivity contribution in [3.63, 3.8) is 0 Å². The van der Waals surface area contributed by atoms with Crippen LogP contribution in [0.1, 0.15) is 38.9 Å². The summed E-state index contributed by atoms with van der Waals surface area (Å²) in [5.74, 6) is 1.09. The summed E-state index contributed by atoms with van der Waals surface area (Å²) < 4.78 is 24.6. The molecule has 1 saturated carbocycles. The van der Waals surface area contributed by atoms with Gasteiger partial charge in [0.15, 0.2) is 5.96 Å². The monoisotopic (exact) mass is 491 g/mol. The van der Waals surface area contributed by atoms with E-state index in [1.165, 1.54) is 12.1 Å². The summed E-state index contributed by atoms with van der Waals surface area (Å²) in [4.78, 5) is 4.72. The van der Waals surface area contributed by atoms with Crippen LogP contribution >= 0.6 is 24.0 Å². The zero-order valence-electron chi connectivity index (χ0n) is 16.5. The first-order chi connectivity index (χ1) is 12.5. The molecule has 1 saturated heterocycles. The third kappa shape index (κ3) is 4.74. The molecule has 2 aliphatic rings. The predicted octanol–water partition coefficient (Wildman–Crippen LogP) is 3.50. The van der Waals surface area contributed by atoms with E-state index in [1.807, 2.05) is 0 Å². The summed E-state index contributed by atoms with van der Waals surface area (Å²) >= 11 is 0. The van der Waals surface area contributed by atoms with E-state index in [0.717, 1.165) is 31.1 Å². The Morgan fingerprint density at radius 3 is 2.70 bits per heavy atom. The number of halogens is 2. The van der Waals surface area contributed by atoms with Crippen molar-refractivity contribution in [1.82, 2.24) is 10.6 Å². The summed E-state index contributed by atoms with van der Waals surface area (Å²) in [5, 5.41) is 6.92. The maximum atomic E-state index is 13.1. The molecule has 5 nitrogen and oxygen atoms in total. The van der Waals surface area contributed by atoms with Gasteiger partial charge in [0.05, 0.1) is 12.6 Å². The Morgan fingerprint density at radius 2 is 2.07 bits per heavy atom. The average Bonchev–Trinajstić information content (AvgIpc) is 3.08. The second-order valence-corrected chi connectivity index (χ2v) is 7.68. The van der Waals surface area contributed by atoms with Crippen molar-refractivity contribution in [3.8, 4) is 0 Å². The van der Waals surface area contributed by atoms with Gasteiger partial charge in [-0.05, 0) is 31.0 Å². The first-order valence-electron chi connectivity index (χ1n) is 9.42. The Kier molecular flexibility index (Phi) is 7.88. The Morgan fingerprint density at radius 1 is 1.37 bits per heavy atom. The molecule has 1 heterocycles. The SMILES string of the molecule is CCNC(=NCC(OC)c1ccc(F)cc1)NC1C2CCOC2C1(C)C.I. The quantitative estimate of drug-likeness (QED) is 0.364. The lowest BCUT2D eigenvalue weighted by atomic mass is 9.57. The molecule has 0 spiro atoms. The number of guanidine groups is 1. The molecule has 1 aliphatic heterocycles. The van der Waals surface area contributed by atoms with Crippen LogP contribution in [-0.4, -0.2) is 44.9 Å². The Bertz CT molecular complexity index is 639. The molecular formula is C20H31FIN3O2. The molecule has 27 heavy (non-hydrogen) atoms. The van der Waals surface area contributed by atoms with Gasteiger partial charge < -0.3 is 20.1 Å². The second-order valence-electron chi connectivity index (χ2n) is 7.68. The van der Waals surface area contributed by atoms with Gasteiger partial charge >= 0.3 is 0 Å². The van der Waals surface area contributed by atoms with Gasteiger partial charge in [0.1, 0.15) is 11.9 Å². The largest absolute Gasteiger partial charge is 0.377 e. The lowest BCUT2D eigenvalue weighted by molar-refractivity contribution is -0.106. The number of fused-ring (bicyclic) bond motifs is 1. The maximum Gasteiger partial charge on any atom is 0.191 e. The van der Waals surface area contributed by atoms with Crippen molar-refractivity contribution in [2.45, 2.75) is 45.4 Å². The molecule has 152 valence electrons. The normalized spacial score (nSPS) is 27.1. The van der Waals surface area contributed by atoms with Gasteiger partial charge in [-0.3, -0.25) is 4.99 Å². The molecular weight excluding hydrogens is 460 g/mol.